The molecule has 3 aromatic rings. The molecule has 1 saturated heterocycles. The first-order valence-corrected chi connectivity index (χ1v) is 13.3. The van der Waals surface area contributed by atoms with E-state index in [1.54, 1.807) is 4.90 Å². The van der Waals surface area contributed by atoms with Crippen molar-refractivity contribution in [3.05, 3.63) is 72.1 Å². The fourth-order valence-corrected chi connectivity index (χ4v) is 4.61. The number of aryl methyl sites for hydroxylation is 1. The predicted octanol–water partition coefficient (Wildman–Crippen LogP) is 3.55. The molecular weight excluding hydrogens is 484 g/mol. The van der Waals surface area contributed by atoms with Gasteiger partial charge in [-0.05, 0) is 31.2 Å². The van der Waals surface area contributed by atoms with E-state index < -0.39 is 18.1 Å². The summed E-state index contributed by atoms with van der Waals surface area (Å²) in [6, 6.07) is 18.8. The number of benzene rings is 2. The molecule has 0 saturated carbocycles. The van der Waals surface area contributed by atoms with Crippen LogP contribution in [0.2, 0.25) is 0 Å². The molecule has 2 amide bonds. The van der Waals surface area contributed by atoms with E-state index in [9.17, 15) is 14.7 Å². The van der Waals surface area contributed by atoms with Crippen molar-refractivity contribution < 1.29 is 24.0 Å². The van der Waals surface area contributed by atoms with Crippen molar-refractivity contribution in [1.82, 2.24) is 20.4 Å². The first-order valence-electron chi connectivity index (χ1n) is 13.3. The Morgan fingerprint density at radius 2 is 1.74 bits per heavy atom. The summed E-state index contributed by atoms with van der Waals surface area (Å²) in [5.74, 6) is -0.408. The minimum atomic E-state index is -1.17. The number of ether oxygens (including phenoxy) is 1. The lowest BCUT2D eigenvalue weighted by atomic mass is 9.94. The standard InChI is InChI=1S/C29H36N4O5/c1-2-24(26(35)29-31-27(32-38-29)22-13-7-4-8-14-22)30-28(36)23(15-9-12-21-10-5-3-6-11-21)20-25(34)33-16-18-37-19-17-33/h3-8,10-11,13-14,23-24,26,35H,2,9,12,15-20H2,1H3,(H,30,36)/t23?,24-,26+/m1/s1. The largest absolute Gasteiger partial charge is 0.381 e. The Labute approximate surface area is 223 Å². The molecule has 0 radical (unpaired) electrons. The van der Waals surface area contributed by atoms with Crippen molar-refractivity contribution in [2.45, 2.75) is 51.2 Å². The third kappa shape index (κ3) is 7.49. The molecule has 1 aliphatic rings. The van der Waals surface area contributed by atoms with Crippen LogP contribution in [0.1, 0.15) is 50.2 Å². The highest BCUT2D eigenvalue weighted by molar-refractivity contribution is 5.86. The van der Waals surface area contributed by atoms with E-state index in [1.165, 1.54) is 5.56 Å². The first-order chi connectivity index (χ1) is 18.5. The molecule has 1 aromatic heterocycles. The van der Waals surface area contributed by atoms with Crippen LogP contribution < -0.4 is 5.32 Å². The Hall–Kier alpha value is -3.56. The van der Waals surface area contributed by atoms with Gasteiger partial charge >= 0.3 is 0 Å². The lowest BCUT2D eigenvalue weighted by Gasteiger charge is -2.29. The number of hydrogen-bond acceptors (Lipinski definition) is 7. The lowest BCUT2D eigenvalue weighted by Crippen LogP contribution is -2.45. The summed E-state index contributed by atoms with van der Waals surface area (Å²) in [5, 5.41) is 17.9. The summed E-state index contributed by atoms with van der Waals surface area (Å²) in [6.07, 6.45) is 1.54. The number of aromatic nitrogens is 2. The molecule has 38 heavy (non-hydrogen) atoms. The van der Waals surface area contributed by atoms with Crippen LogP contribution in [0.15, 0.2) is 65.2 Å². The van der Waals surface area contributed by atoms with Crippen LogP contribution in [0.25, 0.3) is 11.4 Å². The second kappa shape index (κ2) is 13.8. The molecule has 1 aliphatic heterocycles. The van der Waals surface area contributed by atoms with Gasteiger partial charge < -0.3 is 24.6 Å². The smallest absolute Gasteiger partial charge is 0.257 e. The van der Waals surface area contributed by atoms with E-state index in [2.05, 4.69) is 27.6 Å². The van der Waals surface area contributed by atoms with Gasteiger partial charge in [-0.2, -0.15) is 4.98 Å². The molecule has 0 bridgehead atoms. The number of hydrogen-bond donors (Lipinski definition) is 2. The zero-order valence-electron chi connectivity index (χ0n) is 21.8. The topological polar surface area (TPSA) is 118 Å². The van der Waals surface area contributed by atoms with Gasteiger partial charge in [-0.1, -0.05) is 72.7 Å². The molecular formula is C29H36N4O5. The summed E-state index contributed by atoms with van der Waals surface area (Å²) in [4.78, 5) is 32.6. The van der Waals surface area contributed by atoms with Crippen molar-refractivity contribution in [3.8, 4) is 11.4 Å². The highest BCUT2D eigenvalue weighted by Gasteiger charge is 2.31. The van der Waals surface area contributed by atoms with Crippen LogP contribution in [-0.2, 0) is 20.7 Å². The van der Waals surface area contributed by atoms with Gasteiger partial charge in [0.25, 0.3) is 5.89 Å². The van der Waals surface area contributed by atoms with Gasteiger partial charge in [0.05, 0.1) is 19.3 Å². The molecule has 2 heterocycles. The van der Waals surface area contributed by atoms with Crippen molar-refractivity contribution >= 4 is 11.8 Å². The van der Waals surface area contributed by atoms with E-state index in [-0.39, 0.29) is 24.1 Å². The minimum Gasteiger partial charge on any atom is -0.381 e. The van der Waals surface area contributed by atoms with Gasteiger partial charge in [0.15, 0.2) is 6.10 Å². The van der Waals surface area contributed by atoms with Crippen molar-refractivity contribution in [2.75, 3.05) is 26.3 Å². The molecule has 9 heteroatoms. The monoisotopic (exact) mass is 520 g/mol. The van der Waals surface area contributed by atoms with Gasteiger partial charge in [0, 0.05) is 31.0 Å². The first kappa shape index (κ1) is 27.5. The Morgan fingerprint density at radius 3 is 2.42 bits per heavy atom. The minimum absolute atomic E-state index is 0.0426. The summed E-state index contributed by atoms with van der Waals surface area (Å²) in [7, 11) is 0. The van der Waals surface area contributed by atoms with Crippen LogP contribution in [0.5, 0.6) is 0 Å². The van der Waals surface area contributed by atoms with E-state index >= 15 is 0 Å². The number of aliphatic hydroxyl groups is 1. The second-order valence-electron chi connectivity index (χ2n) is 9.56. The molecule has 3 atom stereocenters. The third-order valence-corrected chi connectivity index (χ3v) is 6.89. The predicted molar refractivity (Wildman–Crippen MR) is 142 cm³/mol. The molecule has 9 nitrogen and oxygen atoms in total. The van der Waals surface area contributed by atoms with Crippen LogP contribution in [0, 0.1) is 5.92 Å². The number of carbonyl (C=O) groups excluding carboxylic acids is 2. The average Bonchev–Trinajstić information content (AvgIpc) is 3.47. The number of rotatable bonds is 12. The summed E-state index contributed by atoms with van der Waals surface area (Å²) in [6.45, 7) is 3.96. The fourth-order valence-electron chi connectivity index (χ4n) is 4.61. The summed E-state index contributed by atoms with van der Waals surface area (Å²) in [5.41, 5.74) is 1.96. The normalized spacial score (nSPS) is 16.0. The maximum absolute atomic E-state index is 13.5. The Kier molecular flexibility index (Phi) is 10.0. The summed E-state index contributed by atoms with van der Waals surface area (Å²) >= 11 is 0. The third-order valence-electron chi connectivity index (χ3n) is 6.89. The number of nitrogens with one attached hydrogen (secondary N) is 1. The summed E-state index contributed by atoms with van der Waals surface area (Å²) < 4.78 is 10.7. The van der Waals surface area contributed by atoms with E-state index in [4.69, 9.17) is 9.26 Å². The molecule has 1 fully saturated rings. The Bertz CT molecular complexity index is 1150. The number of carbonyl (C=O) groups is 2. The van der Waals surface area contributed by atoms with Crippen LogP contribution in [0.4, 0.5) is 0 Å². The van der Waals surface area contributed by atoms with Crippen LogP contribution >= 0.6 is 0 Å². The average molecular weight is 521 g/mol. The van der Waals surface area contributed by atoms with Gasteiger partial charge in [-0.15, -0.1) is 0 Å². The molecule has 4 rings (SSSR count). The molecule has 202 valence electrons. The Balaban J connectivity index is 1.41. The number of nitrogens with zero attached hydrogens (tertiary/aromatic N) is 3. The molecule has 2 aromatic carbocycles. The van der Waals surface area contributed by atoms with E-state index in [0.29, 0.717) is 45.0 Å². The second-order valence-corrected chi connectivity index (χ2v) is 9.56. The van der Waals surface area contributed by atoms with Crippen LogP contribution in [-0.4, -0.2) is 64.3 Å². The van der Waals surface area contributed by atoms with E-state index in [1.807, 2.05) is 55.5 Å². The lowest BCUT2D eigenvalue weighted by molar-refractivity contribution is -0.140. The molecule has 0 spiro atoms. The maximum Gasteiger partial charge on any atom is 0.257 e. The highest BCUT2D eigenvalue weighted by atomic mass is 16.5. The van der Waals surface area contributed by atoms with E-state index in [0.717, 1.165) is 18.4 Å². The van der Waals surface area contributed by atoms with Crippen molar-refractivity contribution in [2.24, 2.45) is 5.92 Å². The Morgan fingerprint density at radius 1 is 1.05 bits per heavy atom. The zero-order chi connectivity index (χ0) is 26.7. The van der Waals surface area contributed by atoms with Crippen molar-refractivity contribution in [3.63, 3.8) is 0 Å². The number of aliphatic hydroxyl groups excluding tert-OH is 1. The van der Waals surface area contributed by atoms with Gasteiger partial charge in [0.1, 0.15) is 0 Å². The molecule has 1 unspecified atom stereocenters. The zero-order valence-corrected chi connectivity index (χ0v) is 21.8. The number of amides is 2. The SMILES string of the molecule is CC[C@@H](NC(=O)C(CCCc1ccccc1)CC(=O)N1CCOCC1)[C@H](O)c1nc(-c2ccccc2)no1. The van der Waals surface area contributed by atoms with Gasteiger partial charge in [0.2, 0.25) is 17.6 Å². The number of morpholine rings is 1. The highest BCUT2D eigenvalue weighted by Crippen LogP contribution is 2.23. The van der Waals surface area contributed by atoms with Crippen molar-refractivity contribution in [1.29, 1.82) is 0 Å². The maximum atomic E-state index is 13.5. The quantitative estimate of drug-likeness (QED) is 0.375. The fraction of sp³-hybridized carbons (Fsp3) is 0.448. The molecule has 2 N–H and O–H groups in total. The van der Waals surface area contributed by atoms with Crippen LogP contribution in [0.3, 0.4) is 0 Å². The molecule has 0 aliphatic carbocycles. The van der Waals surface area contributed by atoms with Gasteiger partial charge in [-0.3, -0.25) is 9.59 Å². The van der Waals surface area contributed by atoms with Gasteiger partial charge in [-0.25, -0.2) is 0 Å².